The number of hydrogen-bond donors (Lipinski definition) is 3. The summed E-state index contributed by atoms with van der Waals surface area (Å²) in [6.45, 7) is 4.50. The van der Waals surface area contributed by atoms with Crippen LogP contribution in [0.2, 0.25) is 0 Å². The molecule has 12 nitrogen and oxygen atoms in total. The molecule has 0 atom stereocenters. The SMILES string of the molecule is CCOP(=O)(COc1ccc(-c2ncc(NCCCc3ccccc3)c(=O)n2CC(=O)NCc2cc3cnccc3[nH]2)cc1)OCC. The van der Waals surface area contributed by atoms with Crippen LogP contribution in [-0.4, -0.2) is 51.5 Å². The lowest BCUT2D eigenvalue weighted by atomic mass is 10.1. The molecule has 3 heterocycles. The number of aromatic nitrogens is 4. The number of rotatable bonds is 17. The molecule has 0 saturated carbocycles. The van der Waals surface area contributed by atoms with Crippen LogP contribution in [0.3, 0.4) is 0 Å². The Morgan fingerprint density at radius 1 is 1.00 bits per heavy atom. The van der Waals surface area contributed by atoms with Crippen LogP contribution in [0.4, 0.5) is 5.69 Å². The summed E-state index contributed by atoms with van der Waals surface area (Å²) in [6, 6.07) is 20.7. The minimum Gasteiger partial charge on any atom is -0.481 e. The fourth-order valence-electron chi connectivity index (χ4n) is 5.03. The predicted octanol–water partition coefficient (Wildman–Crippen LogP) is 5.75. The average molecular weight is 659 g/mol. The lowest BCUT2D eigenvalue weighted by Gasteiger charge is -2.18. The number of fused-ring (bicyclic) bond motifs is 1. The standard InChI is InChI=1S/C34H39N6O6P/c1-3-45-47(43,46-4-2)24-44-29-14-12-26(13-15-29)33-38-22-31(36-17-8-11-25-9-6-5-7-10-25)34(42)40(33)23-32(41)37-21-28-19-27-20-35-18-16-30(27)39-28/h5-7,9-10,12-16,18-20,22,36,39H,3-4,8,11,17,21,23-24H2,1-2H3,(H,37,41). The van der Waals surface area contributed by atoms with Gasteiger partial charge in [-0.1, -0.05) is 30.3 Å². The van der Waals surface area contributed by atoms with Gasteiger partial charge in [0.15, 0.2) is 6.35 Å². The van der Waals surface area contributed by atoms with Gasteiger partial charge in [0, 0.05) is 41.1 Å². The third-order valence-electron chi connectivity index (χ3n) is 7.26. The first-order chi connectivity index (χ1) is 22.9. The van der Waals surface area contributed by atoms with Crippen molar-refractivity contribution in [3.05, 3.63) is 107 Å². The van der Waals surface area contributed by atoms with Gasteiger partial charge in [-0.2, -0.15) is 0 Å². The van der Waals surface area contributed by atoms with Gasteiger partial charge >= 0.3 is 7.60 Å². The normalized spacial score (nSPS) is 11.4. The van der Waals surface area contributed by atoms with Crippen molar-refractivity contribution in [2.75, 3.05) is 31.4 Å². The Morgan fingerprint density at radius 3 is 2.49 bits per heavy atom. The Kier molecular flexibility index (Phi) is 11.6. The van der Waals surface area contributed by atoms with Crippen LogP contribution in [0.15, 0.2) is 90.1 Å². The zero-order chi connectivity index (χ0) is 33.1. The van der Waals surface area contributed by atoms with E-state index in [9.17, 15) is 14.2 Å². The predicted molar refractivity (Wildman–Crippen MR) is 181 cm³/mol. The minimum atomic E-state index is -3.39. The Bertz CT molecular complexity index is 1830. The summed E-state index contributed by atoms with van der Waals surface area (Å²) in [5, 5.41) is 7.04. The molecule has 3 aromatic heterocycles. The van der Waals surface area contributed by atoms with Crippen LogP contribution in [0.5, 0.6) is 5.75 Å². The number of ether oxygens (including phenoxy) is 1. The fraction of sp³-hybridized carbons (Fsp3) is 0.294. The van der Waals surface area contributed by atoms with E-state index < -0.39 is 7.60 Å². The number of hydrogen-bond acceptors (Lipinski definition) is 9. The molecule has 0 fully saturated rings. The van der Waals surface area contributed by atoms with Crippen LogP contribution in [0.25, 0.3) is 22.3 Å². The van der Waals surface area contributed by atoms with E-state index in [2.05, 4.69) is 37.7 Å². The summed E-state index contributed by atoms with van der Waals surface area (Å²) in [4.78, 5) is 38.9. The lowest BCUT2D eigenvalue weighted by molar-refractivity contribution is -0.121. The van der Waals surface area contributed by atoms with E-state index in [0.29, 0.717) is 29.4 Å². The van der Waals surface area contributed by atoms with Crippen molar-refractivity contribution in [3.63, 3.8) is 0 Å². The smallest absolute Gasteiger partial charge is 0.367 e. The number of aryl methyl sites for hydroxylation is 1. The van der Waals surface area contributed by atoms with Crippen molar-refractivity contribution < 1.29 is 23.1 Å². The molecule has 3 N–H and O–H groups in total. The molecule has 0 spiro atoms. The maximum Gasteiger partial charge on any atom is 0.367 e. The third kappa shape index (κ3) is 9.16. The van der Waals surface area contributed by atoms with Crippen molar-refractivity contribution >= 4 is 30.1 Å². The Balaban J connectivity index is 1.32. The number of carbonyl (C=O) groups is 1. The topological polar surface area (TPSA) is 149 Å². The molecule has 0 radical (unpaired) electrons. The van der Waals surface area contributed by atoms with Gasteiger partial charge in [-0.15, -0.1) is 0 Å². The second kappa shape index (κ2) is 16.2. The molecular formula is C34H39N6O6P. The second-order valence-corrected chi connectivity index (χ2v) is 12.7. The number of H-pyrrole nitrogens is 1. The van der Waals surface area contributed by atoms with Gasteiger partial charge in [0.1, 0.15) is 23.8 Å². The summed E-state index contributed by atoms with van der Waals surface area (Å²) in [5.74, 6) is 0.401. The second-order valence-electron chi connectivity index (χ2n) is 10.7. The van der Waals surface area contributed by atoms with Crippen molar-refractivity contribution in [2.45, 2.75) is 39.8 Å². The van der Waals surface area contributed by atoms with Gasteiger partial charge in [0.25, 0.3) is 5.56 Å². The minimum absolute atomic E-state index is 0.230. The van der Waals surface area contributed by atoms with Crippen molar-refractivity contribution in [2.24, 2.45) is 0 Å². The Hall–Kier alpha value is -4.77. The van der Waals surface area contributed by atoms with E-state index >= 15 is 0 Å². The number of nitrogens with one attached hydrogen (secondary N) is 3. The number of pyridine rings is 1. The van der Waals surface area contributed by atoms with E-state index in [1.807, 2.05) is 30.3 Å². The third-order valence-corrected chi connectivity index (χ3v) is 9.00. The molecular weight excluding hydrogens is 619 g/mol. The highest BCUT2D eigenvalue weighted by Gasteiger charge is 2.25. The quantitative estimate of drug-likeness (QED) is 0.0839. The molecule has 2 aromatic carbocycles. The molecule has 5 rings (SSSR count). The van der Waals surface area contributed by atoms with Crippen molar-refractivity contribution in [3.8, 4) is 17.1 Å². The molecule has 5 aromatic rings. The number of carbonyl (C=O) groups excluding carboxylic acids is 1. The van der Waals surface area contributed by atoms with Crippen molar-refractivity contribution in [1.82, 2.24) is 24.8 Å². The van der Waals surface area contributed by atoms with E-state index in [1.54, 1.807) is 50.5 Å². The zero-order valence-electron chi connectivity index (χ0n) is 26.5. The molecule has 13 heteroatoms. The van der Waals surface area contributed by atoms with E-state index in [0.717, 1.165) is 29.4 Å². The van der Waals surface area contributed by atoms with Crippen molar-refractivity contribution in [1.29, 1.82) is 0 Å². The summed E-state index contributed by atoms with van der Waals surface area (Å²) in [5.41, 5.74) is 3.49. The summed E-state index contributed by atoms with van der Waals surface area (Å²) >= 11 is 0. The maximum atomic E-state index is 13.7. The van der Waals surface area contributed by atoms with Crippen LogP contribution in [-0.2, 0) is 37.9 Å². The first-order valence-corrected chi connectivity index (χ1v) is 17.3. The van der Waals surface area contributed by atoms with E-state index in [-0.39, 0.29) is 44.1 Å². The molecule has 246 valence electrons. The summed E-state index contributed by atoms with van der Waals surface area (Å²) < 4.78 is 30.4. The van der Waals surface area contributed by atoms with Crippen LogP contribution < -0.4 is 20.9 Å². The Morgan fingerprint density at radius 2 is 1.77 bits per heavy atom. The number of amides is 1. The fourth-order valence-corrected chi connectivity index (χ4v) is 6.35. The van der Waals surface area contributed by atoms with Gasteiger partial charge in [0.05, 0.1) is 26.0 Å². The molecule has 0 aliphatic carbocycles. The van der Waals surface area contributed by atoms with E-state index in [4.69, 9.17) is 13.8 Å². The average Bonchev–Trinajstić information content (AvgIpc) is 3.51. The van der Waals surface area contributed by atoms with Gasteiger partial charge in [-0.3, -0.25) is 23.7 Å². The number of benzene rings is 2. The molecule has 0 bridgehead atoms. The maximum absolute atomic E-state index is 13.7. The molecule has 47 heavy (non-hydrogen) atoms. The largest absolute Gasteiger partial charge is 0.481 e. The highest BCUT2D eigenvalue weighted by molar-refractivity contribution is 7.53. The first-order valence-electron chi connectivity index (χ1n) is 15.5. The number of anilines is 1. The monoisotopic (exact) mass is 658 g/mol. The highest BCUT2D eigenvalue weighted by atomic mass is 31.2. The van der Waals surface area contributed by atoms with Crippen LogP contribution in [0, 0.1) is 0 Å². The molecule has 0 saturated heterocycles. The molecule has 0 aliphatic rings. The van der Waals surface area contributed by atoms with Crippen LogP contribution in [0.1, 0.15) is 31.5 Å². The number of nitrogens with zero attached hydrogens (tertiary/aromatic N) is 3. The highest BCUT2D eigenvalue weighted by Crippen LogP contribution is 2.47. The molecule has 0 unspecified atom stereocenters. The van der Waals surface area contributed by atoms with Gasteiger partial charge < -0.3 is 29.4 Å². The first kappa shape index (κ1) is 33.6. The van der Waals surface area contributed by atoms with Gasteiger partial charge in [-0.25, -0.2) is 4.98 Å². The van der Waals surface area contributed by atoms with Crippen LogP contribution >= 0.6 is 7.60 Å². The number of aromatic amines is 1. The molecule has 0 aliphatic heterocycles. The zero-order valence-corrected chi connectivity index (χ0v) is 27.4. The van der Waals surface area contributed by atoms with E-state index in [1.165, 1.54) is 16.3 Å². The van der Waals surface area contributed by atoms with Gasteiger partial charge in [-0.05, 0) is 68.7 Å². The van der Waals surface area contributed by atoms with Gasteiger partial charge in [0.2, 0.25) is 5.91 Å². The lowest BCUT2D eigenvalue weighted by Crippen LogP contribution is -2.34. The molecule has 1 amide bonds. The summed E-state index contributed by atoms with van der Waals surface area (Å²) in [6.07, 6.45) is 6.38. The summed E-state index contributed by atoms with van der Waals surface area (Å²) in [7, 11) is -3.39. The Labute approximate surface area is 273 Å².